The Morgan fingerprint density at radius 1 is 0.330 bits per heavy atom. The Morgan fingerprint density at radius 3 is 1.13 bits per heavy atom. The van der Waals surface area contributed by atoms with Crippen molar-refractivity contribution in [2.45, 2.75) is 176 Å². The van der Waals surface area contributed by atoms with Crippen molar-refractivity contribution in [3.05, 3.63) is 215 Å². The first-order valence-corrected chi connectivity index (χ1v) is 33.0. The molecule has 0 amide bonds. The van der Waals surface area contributed by atoms with Crippen LogP contribution in [-0.4, -0.2) is 201 Å². The van der Waals surface area contributed by atoms with E-state index in [0.717, 1.165) is 23.6 Å². The Hall–Kier alpha value is -7.48. The van der Waals surface area contributed by atoms with Crippen molar-refractivity contribution >= 4 is 23.9 Å². The van der Waals surface area contributed by atoms with Crippen LogP contribution < -0.4 is 0 Å². The molecule has 0 unspecified atom stereocenters. The predicted octanol–water partition coefficient (Wildman–Crippen LogP) is 7.06. The van der Waals surface area contributed by atoms with Crippen LogP contribution in [0.25, 0.3) is 0 Å². The second-order valence-electron chi connectivity index (χ2n) is 24.1. The fourth-order valence-electron chi connectivity index (χ4n) is 12.4. The molecule has 6 aromatic carbocycles. The molecule has 20 atom stereocenters. The SMILES string of the molecule is CO[C@H]1O[C@H](COCc2ccccc2)[C@@H](O[C@@H]2O[C@@H](C(=O)OCc3ccccc3)[C@@H](O[C@H]3O[C@H](COC(C)=O)[C@@H](O[C@@H]4O[C@H](C(=O)OCc5ccccc5)[C@@H](O)[C@H](OC)[C@H]4OC)[C@H](OC(C)=O)[C@H]3OCc3ccccc3)[C@H](OC)[C@H]2OC)[C@H](OCc2ccccc2)[C@H]1OCc1ccccc1. The zero-order valence-corrected chi connectivity index (χ0v) is 56.8. The number of carbonyl (C=O) groups is 4. The lowest BCUT2D eigenvalue weighted by Crippen LogP contribution is -2.69. The molecule has 0 aromatic heterocycles. The number of benzene rings is 6. The first-order valence-electron chi connectivity index (χ1n) is 33.0. The molecule has 4 saturated heterocycles. The van der Waals surface area contributed by atoms with E-state index in [-0.39, 0.29) is 46.2 Å². The topological polar surface area (TPSA) is 273 Å². The van der Waals surface area contributed by atoms with E-state index in [4.69, 9.17) is 94.7 Å². The Labute approximate surface area is 581 Å². The molecule has 0 spiro atoms. The minimum Gasteiger partial charge on any atom is -0.463 e. The van der Waals surface area contributed by atoms with Gasteiger partial charge in [0.25, 0.3) is 0 Å². The van der Waals surface area contributed by atoms with E-state index in [2.05, 4.69) is 0 Å². The summed E-state index contributed by atoms with van der Waals surface area (Å²) in [5, 5.41) is 11.7. The molecule has 25 heteroatoms. The summed E-state index contributed by atoms with van der Waals surface area (Å²) in [6.45, 7) is 1.44. The molecule has 1 N–H and O–H groups in total. The summed E-state index contributed by atoms with van der Waals surface area (Å²) in [6, 6.07) is 55.5. The lowest BCUT2D eigenvalue weighted by Gasteiger charge is -2.51. The van der Waals surface area contributed by atoms with E-state index >= 15 is 4.79 Å². The van der Waals surface area contributed by atoms with Gasteiger partial charge < -0.3 is 99.8 Å². The molecule has 538 valence electrons. The molecule has 100 heavy (non-hydrogen) atoms. The van der Waals surface area contributed by atoms with E-state index in [9.17, 15) is 19.5 Å². The van der Waals surface area contributed by atoms with Crippen LogP contribution >= 0.6 is 0 Å². The number of hydrogen-bond acceptors (Lipinski definition) is 25. The monoisotopic (exact) mass is 1390 g/mol. The van der Waals surface area contributed by atoms with E-state index in [1.807, 2.05) is 109 Å². The molecule has 25 nitrogen and oxygen atoms in total. The number of hydrogen-bond donors (Lipinski definition) is 1. The van der Waals surface area contributed by atoms with Crippen LogP contribution in [0, 0.1) is 0 Å². The van der Waals surface area contributed by atoms with Crippen LogP contribution in [-0.2, 0) is 154 Å². The fraction of sp³-hybridized carbons (Fsp3) is 0.467. The van der Waals surface area contributed by atoms with Crippen LogP contribution in [0.4, 0.5) is 0 Å². The summed E-state index contributed by atoms with van der Waals surface area (Å²) in [6.07, 6.45) is -28.5. The largest absolute Gasteiger partial charge is 0.463 e. The maximum absolute atomic E-state index is 15.4. The molecule has 4 fully saturated rings. The lowest BCUT2D eigenvalue weighted by molar-refractivity contribution is -0.391. The molecule has 0 saturated carbocycles. The number of ether oxygens (including phenoxy) is 20. The van der Waals surface area contributed by atoms with Gasteiger partial charge in [0, 0.05) is 49.4 Å². The molecule has 4 aliphatic heterocycles. The van der Waals surface area contributed by atoms with E-state index in [1.165, 1.54) is 42.5 Å². The predicted molar refractivity (Wildman–Crippen MR) is 351 cm³/mol. The first-order chi connectivity index (χ1) is 48.8. The Bertz CT molecular complexity index is 3400. The van der Waals surface area contributed by atoms with Gasteiger partial charge >= 0.3 is 23.9 Å². The zero-order chi connectivity index (χ0) is 70.3. The Kier molecular flexibility index (Phi) is 28.6. The van der Waals surface area contributed by atoms with E-state index < -0.39 is 153 Å². The van der Waals surface area contributed by atoms with Gasteiger partial charge in [0.2, 0.25) is 0 Å². The average molecular weight is 1390 g/mol. The van der Waals surface area contributed by atoms with Gasteiger partial charge in [-0.05, 0) is 33.4 Å². The van der Waals surface area contributed by atoms with Crippen LogP contribution in [0.3, 0.4) is 0 Å². The van der Waals surface area contributed by atoms with Crippen LogP contribution in [0.1, 0.15) is 47.2 Å². The molecule has 4 aliphatic rings. The summed E-state index contributed by atoms with van der Waals surface area (Å²) in [5.74, 6) is -3.52. The molecular weight excluding hydrogens is 1300 g/mol. The number of methoxy groups -OCH3 is 5. The number of aliphatic hydroxyl groups is 1. The number of aliphatic hydroxyl groups excluding tert-OH is 1. The molecule has 6 aromatic rings. The van der Waals surface area contributed by atoms with Gasteiger partial charge in [-0.15, -0.1) is 0 Å². The molecular formula is C75H88O25. The normalized spacial score (nSPS) is 29.8. The highest BCUT2D eigenvalue weighted by molar-refractivity contribution is 5.76. The van der Waals surface area contributed by atoms with Gasteiger partial charge in [-0.25, -0.2) is 9.59 Å². The highest BCUT2D eigenvalue weighted by Gasteiger charge is 2.60. The molecule has 10 rings (SSSR count). The van der Waals surface area contributed by atoms with Crippen molar-refractivity contribution in [2.24, 2.45) is 0 Å². The first kappa shape index (κ1) is 75.2. The maximum Gasteiger partial charge on any atom is 0.338 e. The second-order valence-corrected chi connectivity index (χ2v) is 24.1. The fourth-order valence-corrected chi connectivity index (χ4v) is 12.4. The van der Waals surface area contributed by atoms with Gasteiger partial charge in [0.05, 0.1) is 33.0 Å². The minimum absolute atomic E-state index is 0.0736. The van der Waals surface area contributed by atoms with Gasteiger partial charge in [-0.3, -0.25) is 9.59 Å². The zero-order valence-electron chi connectivity index (χ0n) is 56.8. The maximum atomic E-state index is 15.4. The van der Waals surface area contributed by atoms with Gasteiger partial charge in [-0.1, -0.05) is 182 Å². The number of esters is 4. The van der Waals surface area contributed by atoms with Crippen molar-refractivity contribution in [1.29, 1.82) is 0 Å². The molecule has 0 aliphatic carbocycles. The van der Waals surface area contributed by atoms with Crippen LogP contribution in [0.2, 0.25) is 0 Å². The smallest absolute Gasteiger partial charge is 0.338 e. The van der Waals surface area contributed by atoms with Crippen molar-refractivity contribution in [2.75, 3.05) is 48.8 Å². The van der Waals surface area contributed by atoms with Crippen molar-refractivity contribution in [3.63, 3.8) is 0 Å². The molecule has 0 radical (unpaired) electrons. The van der Waals surface area contributed by atoms with Gasteiger partial charge in [-0.2, -0.15) is 0 Å². The highest BCUT2D eigenvalue weighted by atomic mass is 16.8. The number of rotatable bonds is 33. The third kappa shape index (κ3) is 20.0. The standard InChI is InChI=1S/C75H88O25/c1-46(76)87-45-55-58(97-73-66(83-5)59(81-3)56(78)60(98-73)70(79)91-42-52-34-22-12-23-35-52)63(93-47(2)77)69(90-41-51-32-20-11-21-33-51)75(95-55)99-64-61(82-4)67(84-6)74(100-65(64)71(80)92-43-53-36-24-13-25-37-53)96-57-54(44-86-38-48-26-14-8-15-27-48)94-72(85-7)68(89-40-50-30-18-10-19-31-50)62(57)88-39-49-28-16-9-17-29-49/h8-37,54-69,72-75,78H,38-45H2,1-7H3/t54-,55-,56+,57-,58-,59+,60+,61+,62+,63+,64+,65-,66-,67-,68-,69-,72+,73-,74-,75-/m1/s1. The summed E-state index contributed by atoms with van der Waals surface area (Å²) >= 11 is 0. The van der Waals surface area contributed by atoms with Crippen LogP contribution in [0.5, 0.6) is 0 Å². The summed E-state index contributed by atoms with van der Waals surface area (Å²) in [5.41, 5.74) is 4.51. The van der Waals surface area contributed by atoms with Gasteiger partial charge in [0.15, 0.2) is 43.5 Å². The number of carbonyl (C=O) groups excluding carboxylic acids is 4. The highest BCUT2D eigenvalue weighted by Crippen LogP contribution is 2.40. The Balaban J connectivity index is 1.03. The molecule has 4 heterocycles. The average Bonchev–Trinajstić information content (AvgIpc) is 0.762. The second kappa shape index (κ2) is 38.0. The molecule has 0 bridgehead atoms. The quantitative estimate of drug-likeness (QED) is 0.0319. The summed E-state index contributed by atoms with van der Waals surface area (Å²) in [4.78, 5) is 56.0. The third-order valence-electron chi connectivity index (χ3n) is 17.3. The van der Waals surface area contributed by atoms with Crippen molar-refractivity contribution in [3.8, 4) is 0 Å². The van der Waals surface area contributed by atoms with Gasteiger partial charge in [0.1, 0.15) is 99.2 Å². The van der Waals surface area contributed by atoms with E-state index in [0.29, 0.717) is 16.7 Å². The van der Waals surface area contributed by atoms with Crippen molar-refractivity contribution < 1.29 is 119 Å². The Morgan fingerprint density at radius 2 is 0.690 bits per heavy atom. The van der Waals surface area contributed by atoms with Crippen LogP contribution in [0.15, 0.2) is 182 Å². The summed E-state index contributed by atoms with van der Waals surface area (Å²) < 4.78 is 129. The summed E-state index contributed by atoms with van der Waals surface area (Å²) in [7, 11) is 6.88. The van der Waals surface area contributed by atoms with E-state index in [1.54, 1.807) is 72.8 Å². The lowest BCUT2D eigenvalue weighted by atomic mass is 9.94. The minimum atomic E-state index is -1.80. The third-order valence-corrected chi connectivity index (χ3v) is 17.3. The van der Waals surface area contributed by atoms with Crippen molar-refractivity contribution in [1.82, 2.24) is 0 Å².